The number of nitrogens with one attached hydrogen (secondary N) is 1. The molecule has 1 aliphatic carbocycles. The van der Waals surface area contributed by atoms with Gasteiger partial charge in [0.2, 0.25) is 0 Å². The van der Waals surface area contributed by atoms with Gasteiger partial charge in [0.25, 0.3) is 5.91 Å². The molecule has 0 radical (unpaired) electrons. The zero-order valence-electron chi connectivity index (χ0n) is 13.2. The van der Waals surface area contributed by atoms with E-state index in [4.69, 9.17) is 9.57 Å². The Balaban J connectivity index is 1.81. The second kappa shape index (κ2) is 6.40. The fourth-order valence-electron chi connectivity index (χ4n) is 3.38. The average Bonchev–Trinajstić information content (AvgIpc) is 3.09. The second-order valence-electron chi connectivity index (χ2n) is 5.86. The van der Waals surface area contributed by atoms with Crippen LogP contribution in [0.2, 0.25) is 0 Å². The molecule has 3 rings (SSSR count). The van der Waals surface area contributed by atoms with Gasteiger partial charge in [0, 0.05) is 12.0 Å². The molecule has 0 spiro atoms. The van der Waals surface area contributed by atoms with Crippen molar-refractivity contribution >= 4 is 17.6 Å². The van der Waals surface area contributed by atoms with Gasteiger partial charge in [-0.3, -0.25) is 9.59 Å². The lowest BCUT2D eigenvalue weighted by molar-refractivity contribution is -0.148. The molecule has 1 aromatic carbocycles. The molecule has 122 valence electrons. The molecule has 0 unspecified atom stereocenters. The number of carbonyl (C=O) groups is 2. The van der Waals surface area contributed by atoms with Crippen molar-refractivity contribution in [2.45, 2.75) is 32.4 Å². The number of carbonyl (C=O) groups excluding carboxylic acids is 2. The Labute approximate surface area is 134 Å². The Kier molecular flexibility index (Phi) is 4.32. The fourth-order valence-corrected chi connectivity index (χ4v) is 3.38. The SMILES string of the molecule is CCOC(=O)[C@H]1C[C@H]2ON=C(C)[C@H]2[C@@H]1NC(=O)c1ccccc1. The summed E-state index contributed by atoms with van der Waals surface area (Å²) in [5, 5.41) is 6.99. The van der Waals surface area contributed by atoms with Gasteiger partial charge < -0.3 is 14.9 Å². The molecule has 1 N–H and O–H groups in total. The molecule has 0 bridgehead atoms. The third kappa shape index (κ3) is 2.93. The number of ether oxygens (including phenoxy) is 1. The number of esters is 1. The van der Waals surface area contributed by atoms with Crippen LogP contribution in [0.4, 0.5) is 0 Å². The third-order valence-corrected chi connectivity index (χ3v) is 4.44. The summed E-state index contributed by atoms with van der Waals surface area (Å²) < 4.78 is 5.16. The van der Waals surface area contributed by atoms with E-state index in [-0.39, 0.29) is 29.9 Å². The number of oxime groups is 1. The Morgan fingerprint density at radius 3 is 2.78 bits per heavy atom. The maximum absolute atomic E-state index is 12.5. The summed E-state index contributed by atoms with van der Waals surface area (Å²) in [7, 11) is 0. The van der Waals surface area contributed by atoms with Crippen LogP contribution in [0.1, 0.15) is 30.6 Å². The van der Waals surface area contributed by atoms with Crippen LogP contribution in [0.25, 0.3) is 0 Å². The molecule has 1 fully saturated rings. The van der Waals surface area contributed by atoms with Crippen LogP contribution >= 0.6 is 0 Å². The first-order valence-electron chi connectivity index (χ1n) is 7.84. The minimum atomic E-state index is -0.414. The number of fused-ring (bicyclic) bond motifs is 1. The molecular formula is C17H20N2O4. The van der Waals surface area contributed by atoms with Gasteiger partial charge >= 0.3 is 5.97 Å². The van der Waals surface area contributed by atoms with Crippen LogP contribution in [0, 0.1) is 11.8 Å². The van der Waals surface area contributed by atoms with Gasteiger partial charge in [0.1, 0.15) is 6.10 Å². The van der Waals surface area contributed by atoms with Gasteiger partial charge in [0.05, 0.1) is 30.2 Å². The lowest BCUT2D eigenvalue weighted by Crippen LogP contribution is -2.46. The van der Waals surface area contributed by atoms with Gasteiger partial charge in [-0.1, -0.05) is 23.4 Å². The predicted octanol–water partition coefficient (Wildman–Crippen LogP) is 1.76. The van der Waals surface area contributed by atoms with Crippen LogP contribution in [0.15, 0.2) is 35.5 Å². The quantitative estimate of drug-likeness (QED) is 0.859. The van der Waals surface area contributed by atoms with Gasteiger partial charge in [-0.15, -0.1) is 0 Å². The minimum absolute atomic E-state index is 0.0860. The summed E-state index contributed by atoms with van der Waals surface area (Å²) in [6.07, 6.45) is 0.329. The fraction of sp³-hybridized carbons (Fsp3) is 0.471. The van der Waals surface area contributed by atoms with Gasteiger partial charge in [0.15, 0.2) is 0 Å². The number of rotatable bonds is 4. The smallest absolute Gasteiger partial charge is 0.311 e. The first kappa shape index (κ1) is 15.5. The summed E-state index contributed by atoms with van der Waals surface area (Å²) >= 11 is 0. The van der Waals surface area contributed by atoms with Crippen LogP contribution in [0.3, 0.4) is 0 Å². The Morgan fingerprint density at radius 2 is 2.09 bits per heavy atom. The van der Waals surface area contributed by atoms with E-state index in [1.807, 2.05) is 13.0 Å². The Bertz CT molecular complexity index is 629. The molecular weight excluding hydrogens is 296 g/mol. The van der Waals surface area contributed by atoms with Crippen molar-refractivity contribution in [3.8, 4) is 0 Å². The summed E-state index contributed by atoms with van der Waals surface area (Å²) in [5.74, 6) is -0.998. The Hall–Kier alpha value is -2.37. The summed E-state index contributed by atoms with van der Waals surface area (Å²) in [6, 6.07) is 8.59. The lowest BCUT2D eigenvalue weighted by atomic mass is 9.93. The summed E-state index contributed by atoms with van der Waals surface area (Å²) in [6.45, 7) is 3.95. The normalized spacial score (nSPS) is 28.5. The van der Waals surface area contributed by atoms with Crippen molar-refractivity contribution in [2.75, 3.05) is 6.61 Å². The standard InChI is InChI=1S/C17H20N2O4/c1-3-22-17(21)12-9-13-14(10(2)19-23-13)15(12)18-16(20)11-7-5-4-6-8-11/h4-8,12-15H,3,9H2,1-2H3,(H,18,20)/t12-,13+,14+,15+/m0/s1. The molecule has 1 amide bonds. The molecule has 0 saturated heterocycles. The zero-order chi connectivity index (χ0) is 16.4. The monoisotopic (exact) mass is 316 g/mol. The van der Waals surface area contributed by atoms with Crippen LogP contribution in [-0.4, -0.2) is 36.3 Å². The van der Waals surface area contributed by atoms with E-state index >= 15 is 0 Å². The number of benzene rings is 1. The molecule has 1 saturated carbocycles. The summed E-state index contributed by atoms with van der Waals surface area (Å²) in [4.78, 5) is 30.1. The third-order valence-electron chi connectivity index (χ3n) is 4.44. The maximum atomic E-state index is 12.5. The average molecular weight is 316 g/mol. The second-order valence-corrected chi connectivity index (χ2v) is 5.86. The molecule has 6 heteroatoms. The van der Waals surface area contributed by atoms with E-state index in [0.717, 1.165) is 5.71 Å². The van der Waals surface area contributed by atoms with E-state index in [2.05, 4.69) is 10.5 Å². The van der Waals surface area contributed by atoms with Crippen LogP contribution < -0.4 is 5.32 Å². The highest BCUT2D eigenvalue weighted by atomic mass is 16.6. The number of nitrogens with zero attached hydrogens (tertiary/aromatic N) is 1. The maximum Gasteiger partial charge on any atom is 0.311 e. The summed E-state index contributed by atoms with van der Waals surface area (Å²) in [5.41, 5.74) is 1.37. The Morgan fingerprint density at radius 1 is 1.35 bits per heavy atom. The predicted molar refractivity (Wildman–Crippen MR) is 83.9 cm³/mol. The molecule has 6 nitrogen and oxygen atoms in total. The first-order valence-corrected chi connectivity index (χ1v) is 7.84. The molecule has 0 aromatic heterocycles. The topological polar surface area (TPSA) is 77.0 Å². The highest BCUT2D eigenvalue weighted by molar-refractivity contribution is 5.96. The van der Waals surface area contributed by atoms with Gasteiger partial charge in [-0.25, -0.2) is 0 Å². The molecule has 1 aliphatic heterocycles. The van der Waals surface area contributed by atoms with Crippen molar-refractivity contribution in [1.29, 1.82) is 0 Å². The molecule has 23 heavy (non-hydrogen) atoms. The van der Waals surface area contributed by atoms with E-state index < -0.39 is 5.92 Å². The van der Waals surface area contributed by atoms with E-state index in [9.17, 15) is 9.59 Å². The van der Waals surface area contributed by atoms with E-state index in [1.54, 1.807) is 31.2 Å². The first-order chi connectivity index (χ1) is 11.1. The van der Waals surface area contributed by atoms with Crippen molar-refractivity contribution in [3.05, 3.63) is 35.9 Å². The van der Waals surface area contributed by atoms with Gasteiger partial charge in [-0.2, -0.15) is 0 Å². The molecule has 2 aliphatic rings. The number of hydrogen-bond donors (Lipinski definition) is 1. The molecule has 4 atom stereocenters. The van der Waals surface area contributed by atoms with Crippen molar-refractivity contribution in [3.63, 3.8) is 0 Å². The highest BCUT2D eigenvalue weighted by Crippen LogP contribution is 2.39. The van der Waals surface area contributed by atoms with Crippen molar-refractivity contribution in [2.24, 2.45) is 17.0 Å². The van der Waals surface area contributed by atoms with Crippen molar-refractivity contribution in [1.82, 2.24) is 5.32 Å². The van der Waals surface area contributed by atoms with Crippen LogP contribution in [0.5, 0.6) is 0 Å². The van der Waals surface area contributed by atoms with E-state index in [1.165, 1.54) is 0 Å². The molecule has 1 aromatic rings. The van der Waals surface area contributed by atoms with Gasteiger partial charge in [-0.05, 0) is 26.0 Å². The largest absolute Gasteiger partial charge is 0.466 e. The lowest BCUT2D eigenvalue weighted by Gasteiger charge is -2.23. The van der Waals surface area contributed by atoms with Crippen LogP contribution in [-0.2, 0) is 14.4 Å². The highest BCUT2D eigenvalue weighted by Gasteiger charge is 2.53. The van der Waals surface area contributed by atoms with E-state index in [0.29, 0.717) is 18.6 Å². The zero-order valence-corrected chi connectivity index (χ0v) is 13.2. The number of amides is 1. The minimum Gasteiger partial charge on any atom is -0.466 e. The molecule has 1 heterocycles. The van der Waals surface area contributed by atoms with Crippen molar-refractivity contribution < 1.29 is 19.2 Å². The number of hydrogen-bond acceptors (Lipinski definition) is 5.